The summed E-state index contributed by atoms with van der Waals surface area (Å²) in [7, 11) is 1.83. The zero-order valence-electron chi connectivity index (χ0n) is 15.6. The molecule has 0 saturated carbocycles. The van der Waals surface area contributed by atoms with Gasteiger partial charge in [-0.25, -0.2) is 0 Å². The summed E-state index contributed by atoms with van der Waals surface area (Å²) in [5.74, 6) is 2.16. The number of hydrogen-bond donors (Lipinski definition) is 1. The Morgan fingerprint density at radius 1 is 1.35 bits per heavy atom. The third kappa shape index (κ3) is 5.68. The highest BCUT2D eigenvalue weighted by atomic mass is 127. The molecule has 26 heavy (non-hydrogen) atoms. The van der Waals surface area contributed by atoms with Crippen LogP contribution in [0.3, 0.4) is 0 Å². The fraction of sp³-hybridized carbons (Fsp3) is 0.556. The van der Waals surface area contributed by atoms with Crippen LogP contribution in [-0.4, -0.2) is 54.1 Å². The van der Waals surface area contributed by atoms with Crippen LogP contribution in [0, 0.1) is 0 Å². The van der Waals surface area contributed by atoms with Crippen molar-refractivity contribution in [2.45, 2.75) is 32.9 Å². The molecule has 8 heteroatoms. The van der Waals surface area contributed by atoms with Crippen molar-refractivity contribution in [2.24, 2.45) is 4.99 Å². The summed E-state index contributed by atoms with van der Waals surface area (Å²) < 4.78 is 5.39. The lowest BCUT2D eigenvalue weighted by Gasteiger charge is -2.36. The molecule has 1 aliphatic heterocycles. The molecule has 1 N–H and O–H groups in total. The monoisotopic (exact) mass is 489 g/mol. The van der Waals surface area contributed by atoms with Crippen LogP contribution in [0.25, 0.3) is 0 Å². The van der Waals surface area contributed by atoms with Crippen LogP contribution in [0.5, 0.6) is 0 Å². The van der Waals surface area contributed by atoms with E-state index in [1.165, 1.54) is 4.88 Å². The SMILES string of the molecule is CN=C(NCc1cc(C(C)C)no1)N1CCN(Cc2cccs2)CC1.I. The van der Waals surface area contributed by atoms with Gasteiger partial charge >= 0.3 is 0 Å². The number of hydrogen-bond acceptors (Lipinski definition) is 5. The molecule has 1 fully saturated rings. The average molecular weight is 489 g/mol. The van der Waals surface area contributed by atoms with Crippen molar-refractivity contribution in [1.29, 1.82) is 0 Å². The van der Waals surface area contributed by atoms with Crippen LogP contribution in [0.4, 0.5) is 0 Å². The summed E-state index contributed by atoms with van der Waals surface area (Å²) in [4.78, 5) is 10.7. The van der Waals surface area contributed by atoms with Crippen LogP contribution in [0.2, 0.25) is 0 Å². The summed E-state index contributed by atoms with van der Waals surface area (Å²) in [6, 6.07) is 6.35. The van der Waals surface area contributed by atoms with Gasteiger partial charge in [-0.1, -0.05) is 25.1 Å². The van der Waals surface area contributed by atoms with E-state index >= 15 is 0 Å². The number of aliphatic imine (C=N–C) groups is 1. The predicted molar refractivity (Wildman–Crippen MR) is 117 cm³/mol. The molecule has 2 aromatic rings. The lowest BCUT2D eigenvalue weighted by molar-refractivity contribution is 0.173. The summed E-state index contributed by atoms with van der Waals surface area (Å²) in [6.07, 6.45) is 0. The Hall–Kier alpha value is -1.13. The van der Waals surface area contributed by atoms with E-state index in [9.17, 15) is 0 Å². The third-order valence-electron chi connectivity index (χ3n) is 4.43. The van der Waals surface area contributed by atoms with E-state index in [-0.39, 0.29) is 24.0 Å². The first-order valence-corrected chi connectivity index (χ1v) is 9.69. The zero-order chi connectivity index (χ0) is 17.6. The molecule has 0 aliphatic carbocycles. The molecule has 3 rings (SSSR count). The molecule has 0 amide bonds. The van der Waals surface area contributed by atoms with E-state index in [0.717, 1.165) is 50.1 Å². The van der Waals surface area contributed by atoms with Gasteiger partial charge in [0.2, 0.25) is 0 Å². The second kappa shape index (κ2) is 10.3. The molecule has 0 unspecified atom stereocenters. The Morgan fingerprint density at radius 3 is 2.69 bits per heavy atom. The smallest absolute Gasteiger partial charge is 0.194 e. The van der Waals surface area contributed by atoms with E-state index in [2.05, 4.69) is 56.6 Å². The number of nitrogens with zero attached hydrogens (tertiary/aromatic N) is 4. The van der Waals surface area contributed by atoms with Gasteiger partial charge in [0.25, 0.3) is 0 Å². The minimum atomic E-state index is 0. The summed E-state index contributed by atoms with van der Waals surface area (Å²) in [6.45, 7) is 9.97. The van der Waals surface area contributed by atoms with Gasteiger partial charge in [-0.15, -0.1) is 35.3 Å². The van der Waals surface area contributed by atoms with Crippen molar-refractivity contribution in [1.82, 2.24) is 20.3 Å². The molecular formula is C18H28IN5OS. The summed E-state index contributed by atoms with van der Waals surface area (Å²) >= 11 is 1.83. The number of piperazine rings is 1. The standard InChI is InChI=1S/C18H27N5OS.HI/c1-14(2)17-11-15(24-21-17)12-20-18(19-3)23-8-6-22(7-9-23)13-16-5-4-10-25-16;/h4-5,10-11,14H,6-9,12-13H2,1-3H3,(H,19,20);1H. The molecule has 0 atom stereocenters. The van der Waals surface area contributed by atoms with Crippen molar-refractivity contribution in [3.05, 3.63) is 39.9 Å². The average Bonchev–Trinajstić information content (AvgIpc) is 3.28. The molecule has 6 nitrogen and oxygen atoms in total. The second-order valence-corrected chi connectivity index (χ2v) is 7.65. The van der Waals surface area contributed by atoms with Crippen LogP contribution < -0.4 is 5.32 Å². The van der Waals surface area contributed by atoms with Crippen LogP contribution in [0.15, 0.2) is 33.1 Å². The number of nitrogens with one attached hydrogen (secondary N) is 1. The maximum absolute atomic E-state index is 5.39. The third-order valence-corrected chi connectivity index (χ3v) is 5.29. The van der Waals surface area contributed by atoms with E-state index < -0.39 is 0 Å². The summed E-state index contributed by atoms with van der Waals surface area (Å²) in [5.41, 5.74) is 0.994. The highest BCUT2D eigenvalue weighted by Crippen LogP contribution is 2.15. The second-order valence-electron chi connectivity index (χ2n) is 6.62. The lowest BCUT2D eigenvalue weighted by Crippen LogP contribution is -2.51. The van der Waals surface area contributed by atoms with Gasteiger partial charge in [0.1, 0.15) is 0 Å². The number of rotatable bonds is 5. The first-order valence-electron chi connectivity index (χ1n) is 8.81. The van der Waals surface area contributed by atoms with Gasteiger partial charge in [0, 0.05) is 50.7 Å². The van der Waals surface area contributed by atoms with Crippen LogP contribution >= 0.6 is 35.3 Å². The molecule has 0 aromatic carbocycles. The van der Waals surface area contributed by atoms with E-state index in [1.54, 1.807) is 0 Å². The minimum Gasteiger partial charge on any atom is -0.359 e. The maximum atomic E-state index is 5.39. The molecule has 144 valence electrons. The van der Waals surface area contributed by atoms with Crippen molar-refractivity contribution in [2.75, 3.05) is 33.2 Å². The first kappa shape index (κ1) is 21.2. The topological polar surface area (TPSA) is 56.9 Å². The minimum absolute atomic E-state index is 0. The Balaban J connectivity index is 0.00000243. The van der Waals surface area contributed by atoms with Gasteiger partial charge in [-0.2, -0.15) is 0 Å². The molecule has 0 radical (unpaired) electrons. The summed E-state index contributed by atoms with van der Waals surface area (Å²) in [5, 5.41) is 9.64. The number of guanidine groups is 1. The van der Waals surface area contributed by atoms with Crippen LogP contribution in [0.1, 0.15) is 36.1 Å². The number of aromatic nitrogens is 1. The predicted octanol–water partition coefficient (Wildman–Crippen LogP) is 3.37. The molecular weight excluding hydrogens is 461 g/mol. The van der Waals surface area contributed by atoms with E-state index in [0.29, 0.717) is 12.5 Å². The van der Waals surface area contributed by atoms with Gasteiger partial charge in [-0.3, -0.25) is 9.89 Å². The lowest BCUT2D eigenvalue weighted by atomic mass is 10.1. The zero-order valence-corrected chi connectivity index (χ0v) is 18.8. The fourth-order valence-electron chi connectivity index (χ4n) is 2.92. The Bertz CT molecular complexity index is 678. The van der Waals surface area contributed by atoms with Crippen molar-refractivity contribution >= 4 is 41.3 Å². The maximum Gasteiger partial charge on any atom is 0.194 e. The highest BCUT2D eigenvalue weighted by Gasteiger charge is 2.20. The molecule has 3 heterocycles. The molecule has 1 aliphatic rings. The van der Waals surface area contributed by atoms with Crippen molar-refractivity contribution in [3.8, 4) is 0 Å². The largest absolute Gasteiger partial charge is 0.359 e. The quantitative estimate of drug-likeness (QED) is 0.397. The van der Waals surface area contributed by atoms with Gasteiger partial charge in [0.05, 0.1) is 12.2 Å². The fourth-order valence-corrected chi connectivity index (χ4v) is 3.67. The normalized spacial score (nSPS) is 16.0. The van der Waals surface area contributed by atoms with Crippen molar-refractivity contribution in [3.63, 3.8) is 0 Å². The van der Waals surface area contributed by atoms with Gasteiger partial charge in [0.15, 0.2) is 11.7 Å². The Kier molecular flexibility index (Phi) is 8.36. The molecule has 1 saturated heterocycles. The van der Waals surface area contributed by atoms with E-state index in [4.69, 9.17) is 4.52 Å². The molecule has 0 bridgehead atoms. The molecule has 2 aromatic heterocycles. The Labute approximate surface area is 176 Å². The molecule has 0 spiro atoms. The van der Waals surface area contributed by atoms with Gasteiger partial charge in [-0.05, 0) is 17.4 Å². The first-order chi connectivity index (χ1) is 12.2. The van der Waals surface area contributed by atoms with Crippen molar-refractivity contribution < 1.29 is 4.52 Å². The Morgan fingerprint density at radius 2 is 2.12 bits per heavy atom. The van der Waals surface area contributed by atoms with Gasteiger partial charge < -0.3 is 14.7 Å². The highest BCUT2D eigenvalue weighted by molar-refractivity contribution is 14.0. The van der Waals surface area contributed by atoms with Crippen LogP contribution in [-0.2, 0) is 13.1 Å². The van der Waals surface area contributed by atoms with E-state index in [1.807, 2.05) is 24.5 Å². The number of thiophene rings is 1. The number of halogens is 1.